The number of amides is 2. The van der Waals surface area contributed by atoms with E-state index in [9.17, 15) is 24.6 Å². The number of carboxylic acid groups (broad SMARTS) is 1. The second-order valence-corrected chi connectivity index (χ2v) is 12.4. The van der Waals surface area contributed by atoms with Crippen LogP contribution in [0.2, 0.25) is 0 Å². The molecule has 4 rings (SSSR count). The van der Waals surface area contributed by atoms with Gasteiger partial charge < -0.3 is 24.7 Å². The molecule has 1 spiro atoms. The molecule has 0 radical (unpaired) electrons. The number of alkyl halides is 1. The van der Waals surface area contributed by atoms with Crippen molar-refractivity contribution in [2.45, 2.75) is 47.2 Å². The first-order chi connectivity index (χ1) is 16.6. The van der Waals surface area contributed by atoms with Gasteiger partial charge in [-0.1, -0.05) is 35.9 Å². The van der Waals surface area contributed by atoms with Crippen molar-refractivity contribution in [1.82, 2.24) is 4.90 Å². The highest BCUT2D eigenvalue weighted by molar-refractivity contribution is 9.09. The number of carbonyl (C=O) groups is 3. The minimum atomic E-state index is -1.02. The molecule has 7 atom stereocenters. The summed E-state index contributed by atoms with van der Waals surface area (Å²) in [5.74, 6) is -2.89. The molecule has 3 heterocycles. The average Bonchev–Trinajstić information content (AvgIpc) is 3.41. The average molecular weight is 568 g/mol. The first kappa shape index (κ1) is 26.0. The maximum absolute atomic E-state index is 14.4. The lowest BCUT2D eigenvalue weighted by atomic mass is 9.71. The number of aliphatic hydroxyl groups excluding tert-OH is 1. The number of aliphatic carboxylic acids is 1. The topological polar surface area (TPSA) is 107 Å². The highest BCUT2D eigenvalue weighted by Gasteiger charge is 2.76. The molecule has 2 N–H and O–H groups in total. The predicted molar refractivity (Wildman–Crippen MR) is 138 cm³/mol. The second-order valence-electron chi connectivity index (χ2n) is 9.68. The third-order valence-corrected chi connectivity index (χ3v) is 10.7. The van der Waals surface area contributed by atoms with Gasteiger partial charge in [-0.3, -0.25) is 14.4 Å². The summed E-state index contributed by atoms with van der Waals surface area (Å²) in [6, 6.07) is 5.53. The Hall–Kier alpha value is -2.04. The van der Waals surface area contributed by atoms with E-state index in [2.05, 4.69) is 22.5 Å². The van der Waals surface area contributed by atoms with Crippen molar-refractivity contribution in [3.05, 3.63) is 36.9 Å². The van der Waals surface area contributed by atoms with Crippen molar-refractivity contribution in [3.63, 3.8) is 0 Å². The van der Waals surface area contributed by atoms with Gasteiger partial charge in [0.15, 0.2) is 0 Å². The van der Waals surface area contributed by atoms with Crippen molar-refractivity contribution >= 4 is 51.2 Å². The van der Waals surface area contributed by atoms with E-state index >= 15 is 0 Å². The van der Waals surface area contributed by atoms with E-state index < -0.39 is 34.6 Å². The molecular weight excluding hydrogens is 536 g/mol. The van der Waals surface area contributed by atoms with Crippen LogP contribution in [0.3, 0.4) is 0 Å². The van der Waals surface area contributed by atoms with Crippen molar-refractivity contribution in [2.75, 3.05) is 25.2 Å². The lowest BCUT2D eigenvalue weighted by Crippen LogP contribution is -2.58. The van der Waals surface area contributed by atoms with Gasteiger partial charge in [0.1, 0.15) is 11.8 Å². The number of carbonyl (C=O) groups excluding carboxylic acids is 2. The van der Waals surface area contributed by atoms with Crippen LogP contribution in [0.5, 0.6) is 5.75 Å². The molecule has 10 heteroatoms. The van der Waals surface area contributed by atoms with Gasteiger partial charge in [-0.15, -0.1) is 18.3 Å². The zero-order valence-corrected chi connectivity index (χ0v) is 22.4. The predicted octanol–water partition coefficient (Wildman–Crippen LogP) is 2.78. The quantitative estimate of drug-likeness (QED) is 0.349. The fourth-order valence-corrected chi connectivity index (χ4v) is 9.55. The van der Waals surface area contributed by atoms with Crippen molar-refractivity contribution < 1.29 is 29.3 Å². The van der Waals surface area contributed by atoms with Crippen LogP contribution < -0.4 is 9.64 Å². The van der Waals surface area contributed by atoms with Gasteiger partial charge in [-0.05, 0) is 36.6 Å². The van der Waals surface area contributed by atoms with Gasteiger partial charge in [0.25, 0.3) is 5.91 Å². The van der Waals surface area contributed by atoms with E-state index in [-0.39, 0.29) is 41.0 Å². The van der Waals surface area contributed by atoms with Crippen LogP contribution in [-0.2, 0) is 14.4 Å². The molecule has 3 aliphatic rings. The third-order valence-electron chi connectivity index (χ3n) is 7.52. The highest BCUT2D eigenvalue weighted by atomic mass is 79.9. The Kier molecular flexibility index (Phi) is 7.28. The van der Waals surface area contributed by atoms with Crippen LogP contribution in [-0.4, -0.2) is 80.1 Å². The van der Waals surface area contributed by atoms with Crippen LogP contribution in [0, 0.1) is 17.8 Å². The van der Waals surface area contributed by atoms with Gasteiger partial charge >= 0.3 is 5.97 Å². The Morgan fingerprint density at radius 3 is 2.54 bits per heavy atom. The minimum absolute atomic E-state index is 0.131. The number of fused-ring (bicyclic) bond motifs is 1. The molecule has 1 aromatic rings. The van der Waals surface area contributed by atoms with Crippen molar-refractivity contribution in [1.29, 1.82) is 0 Å². The summed E-state index contributed by atoms with van der Waals surface area (Å²) in [6.45, 7) is 7.48. The number of ether oxygens (including phenoxy) is 1. The van der Waals surface area contributed by atoms with E-state index in [4.69, 9.17) is 4.74 Å². The Bertz CT molecular complexity index is 1020. The largest absolute Gasteiger partial charge is 0.497 e. The molecule has 3 aliphatic heterocycles. The lowest BCUT2D eigenvalue weighted by Gasteiger charge is -2.40. The Labute approximate surface area is 217 Å². The summed E-state index contributed by atoms with van der Waals surface area (Å²) >= 11 is 5.09. The molecule has 3 saturated heterocycles. The standard InChI is InChI=1S/C25H31BrN2O6S/c1-5-10-27(14-6-8-15(34-4)9-7-14)23(31)21-25-11-16(26)20(35-25)18(24(32)33)19(25)22(30)28(21)17(12-29)13(2)3/h5-9,13,16-21,29H,1,10-12H2,2-4H3,(H,32,33)/t16?,17-,18+,19-,20+,21?,25?/m0/s1. The molecule has 0 aliphatic carbocycles. The molecule has 2 bridgehead atoms. The number of likely N-dealkylation sites (tertiary alicyclic amines) is 1. The van der Waals surface area contributed by atoms with E-state index in [1.165, 1.54) is 16.7 Å². The second kappa shape index (κ2) is 9.78. The molecule has 2 amide bonds. The number of hydrogen-bond donors (Lipinski definition) is 2. The Morgan fingerprint density at radius 1 is 1.37 bits per heavy atom. The molecular formula is C25H31BrN2O6S. The fraction of sp³-hybridized carbons (Fsp3) is 0.560. The summed E-state index contributed by atoms with van der Waals surface area (Å²) in [4.78, 5) is 43.6. The first-order valence-electron chi connectivity index (χ1n) is 11.7. The molecule has 1 aromatic carbocycles. The zero-order valence-electron chi connectivity index (χ0n) is 20.0. The molecule has 8 nitrogen and oxygen atoms in total. The van der Waals surface area contributed by atoms with E-state index in [0.717, 1.165) is 0 Å². The van der Waals surface area contributed by atoms with E-state index in [0.29, 0.717) is 17.9 Å². The summed E-state index contributed by atoms with van der Waals surface area (Å²) in [6.07, 6.45) is 2.12. The highest BCUT2D eigenvalue weighted by Crippen LogP contribution is 2.68. The van der Waals surface area contributed by atoms with Crippen LogP contribution in [0.1, 0.15) is 20.3 Å². The molecule has 0 aromatic heterocycles. The maximum Gasteiger partial charge on any atom is 0.308 e. The normalized spacial score (nSPS) is 32.0. The monoisotopic (exact) mass is 566 g/mol. The van der Waals surface area contributed by atoms with Gasteiger partial charge in [0, 0.05) is 22.3 Å². The Morgan fingerprint density at radius 2 is 2.03 bits per heavy atom. The third kappa shape index (κ3) is 3.97. The summed E-state index contributed by atoms with van der Waals surface area (Å²) in [5, 5.41) is 20.0. The van der Waals surface area contributed by atoms with Crippen molar-refractivity contribution in [2.24, 2.45) is 17.8 Å². The van der Waals surface area contributed by atoms with Crippen LogP contribution in [0.25, 0.3) is 0 Å². The number of anilines is 1. The van der Waals surface area contributed by atoms with Gasteiger partial charge in [-0.2, -0.15) is 0 Å². The fourth-order valence-electron chi connectivity index (χ4n) is 5.97. The number of carboxylic acids is 1. The van der Waals surface area contributed by atoms with Gasteiger partial charge in [-0.25, -0.2) is 0 Å². The Balaban J connectivity index is 1.84. The molecule has 190 valence electrons. The number of thioether (sulfide) groups is 1. The van der Waals surface area contributed by atoms with Gasteiger partial charge in [0.05, 0.1) is 36.3 Å². The number of rotatable bonds is 9. The summed E-state index contributed by atoms with van der Waals surface area (Å²) in [5.41, 5.74) is 0.621. The smallest absolute Gasteiger partial charge is 0.308 e. The number of nitrogens with zero attached hydrogens (tertiary/aromatic N) is 2. The van der Waals surface area contributed by atoms with Crippen LogP contribution >= 0.6 is 27.7 Å². The van der Waals surface area contributed by atoms with Crippen LogP contribution in [0.4, 0.5) is 5.69 Å². The minimum Gasteiger partial charge on any atom is -0.497 e. The molecule has 0 saturated carbocycles. The number of hydrogen-bond acceptors (Lipinski definition) is 6. The lowest BCUT2D eigenvalue weighted by molar-refractivity contribution is -0.149. The SMILES string of the molecule is C=CCN(C(=O)C1N([C@@H](CO)C(C)C)C(=O)[C@@H]2[C@@H](C(=O)O)[C@@H]3SC12CC3Br)c1ccc(OC)cc1. The number of aliphatic hydroxyl groups is 1. The van der Waals surface area contributed by atoms with Crippen LogP contribution in [0.15, 0.2) is 36.9 Å². The molecule has 35 heavy (non-hydrogen) atoms. The zero-order chi connectivity index (χ0) is 25.7. The number of methoxy groups -OCH3 is 1. The molecule has 3 fully saturated rings. The molecule has 3 unspecified atom stereocenters. The first-order valence-corrected chi connectivity index (χ1v) is 13.5. The van der Waals surface area contributed by atoms with E-state index in [1.807, 2.05) is 13.8 Å². The van der Waals surface area contributed by atoms with Gasteiger partial charge in [0.2, 0.25) is 5.91 Å². The summed E-state index contributed by atoms with van der Waals surface area (Å²) < 4.78 is 4.35. The number of halogens is 1. The number of benzene rings is 1. The summed E-state index contributed by atoms with van der Waals surface area (Å²) in [7, 11) is 1.56. The van der Waals surface area contributed by atoms with Crippen molar-refractivity contribution in [3.8, 4) is 5.75 Å². The maximum atomic E-state index is 14.4. The van der Waals surface area contributed by atoms with E-state index in [1.54, 1.807) is 42.4 Å².